The highest BCUT2D eigenvalue weighted by Crippen LogP contribution is 2.22. The first-order valence-electron chi connectivity index (χ1n) is 11.3. The lowest BCUT2D eigenvalue weighted by Crippen LogP contribution is -2.37. The molecule has 0 fully saturated rings. The Hall–Kier alpha value is -4.18. The van der Waals surface area contributed by atoms with Crippen LogP contribution in [0, 0.1) is 13.8 Å². The Bertz CT molecular complexity index is 1310. The number of carbonyl (C=O) groups excluding carboxylic acids is 3. The van der Waals surface area contributed by atoms with Crippen LogP contribution in [0.15, 0.2) is 70.2 Å². The standard InChI is InChI=1S/C27H27BrN4O5/c1-17-5-4-6-23(18(17)2)31-25(33)16-37-24-12-9-21(28)13-20(24)15-30-32-27(35)26(34)29-14-19-7-10-22(36-3)11-8-19/h4-13,15H,14,16H2,1-3H3,(H,29,34)(H,31,33)(H,32,35)/b30-15-. The van der Waals surface area contributed by atoms with E-state index in [1.807, 2.05) is 32.0 Å². The second-order valence-electron chi connectivity index (χ2n) is 8.00. The molecule has 3 aromatic carbocycles. The number of carbonyl (C=O) groups is 3. The van der Waals surface area contributed by atoms with Crippen LogP contribution in [0.4, 0.5) is 5.69 Å². The molecule has 3 rings (SSSR count). The van der Waals surface area contributed by atoms with E-state index >= 15 is 0 Å². The molecule has 0 unspecified atom stereocenters. The molecule has 0 saturated carbocycles. The van der Waals surface area contributed by atoms with Crippen LogP contribution in [0.5, 0.6) is 11.5 Å². The molecule has 3 aromatic rings. The van der Waals surface area contributed by atoms with Gasteiger partial charge in [0.05, 0.1) is 13.3 Å². The van der Waals surface area contributed by atoms with E-state index in [-0.39, 0.29) is 19.1 Å². The minimum Gasteiger partial charge on any atom is -0.497 e. The van der Waals surface area contributed by atoms with Gasteiger partial charge in [0.25, 0.3) is 5.91 Å². The molecule has 192 valence electrons. The molecule has 0 heterocycles. The van der Waals surface area contributed by atoms with Gasteiger partial charge in [-0.15, -0.1) is 0 Å². The quantitative estimate of drug-likeness (QED) is 0.206. The van der Waals surface area contributed by atoms with E-state index in [0.717, 1.165) is 26.9 Å². The number of nitrogens with zero attached hydrogens (tertiary/aromatic N) is 1. The predicted molar refractivity (Wildman–Crippen MR) is 145 cm³/mol. The van der Waals surface area contributed by atoms with Crippen LogP contribution in [0.25, 0.3) is 0 Å². The minimum atomic E-state index is -0.921. The molecule has 0 bridgehead atoms. The molecule has 0 spiro atoms. The number of ether oxygens (including phenoxy) is 2. The van der Waals surface area contributed by atoms with Crippen LogP contribution in [0.1, 0.15) is 22.3 Å². The number of hydrogen-bond donors (Lipinski definition) is 3. The summed E-state index contributed by atoms with van der Waals surface area (Å²) in [5, 5.41) is 9.22. The zero-order valence-electron chi connectivity index (χ0n) is 20.6. The molecule has 0 aromatic heterocycles. The topological polar surface area (TPSA) is 118 Å². The van der Waals surface area contributed by atoms with Crippen molar-refractivity contribution in [3.63, 3.8) is 0 Å². The Morgan fingerprint density at radius 3 is 2.49 bits per heavy atom. The molecule has 0 atom stereocenters. The van der Waals surface area contributed by atoms with Crippen molar-refractivity contribution in [2.24, 2.45) is 5.10 Å². The summed E-state index contributed by atoms with van der Waals surface area (Å²) in [5.41, 5.74) is 6.27. The van der Waals surface area contributed by atoms with Gasteiger partial charge in [-0.2, -0.15) is 5.10 Å². The van der Waals surface area contributed by atoms with Crippen molar-refractivity contribution < 1.29 is 23.9 Å². The van der Waals surface area contributed by atoms with Crippen LogP contribution in [0.3, 0.4) is 0 Å². The molecular formula is C27H27BrN4O5. The third-order valence-corrected chi connectivity index (χ3v) is 5.89. The molecule has 0 aliphatic rings. The van der Waals surface area contributed by atoms with Crippen molar-refractivity contribution in [1.29, 1.82) is 0 Å². The first-order valence-corrected chi connectivity index (χ1v) is 12.1. The van der Waals surface area contributed by atoms with Gasteiger partial charge in [0.1, 0.15) is 11.5 Å². The monoisotopic (exact) mass is 566 g/mol. The number of halogens is 1. The van der Waals surface area contributed by atoms with Crippen LogP contribution in [-0.4, -0.2) is 37.7 Å². The number of amides is 3. The highest BCUT2D eigenvalue weighted by atomic mass is 79.9. The fraction of sp³-hybridized carbons (Fsp3) is 0.185. The number of hydrazone groups is 1. The van der Waals surface area contributed by atoms with Gasteiger partial charge >= 0.3 is 11.8 Å². The molecule has 0 radical (unpaired) electrons. The average Bonchev–Trinajstić information content (AvgIpc) is 2.89. The number of anilines is 1. The Kier molecular flexibility index (Phi) is 9.79. The van der Waals surface area contributed by atoms with E-state index < -0.39 is 11.8 Å². The summed E-state index contributed by atoms with van der Waals surface area (Å²) in [4.78, 5) is 36.6. The number of hydrogen-bond acceptors (Lipinski definition) is 6. The van der Waals surface area contributed by atoms with E-state index in [2.05, 4.69) is 37.1 Å². The van der Waals surface area contributed by atoms with Gasteiger partial charge in [0.15, 0.2) is 6.61 Å². The van der Waals surface area contributed by atoms with Gasteiger partial charge in [0, 0.05) is 22.3 Å². The third kappa shape index (κ3) is 8.18. The first-order chi connectivity index (χ1) is 17.8. The largest absolute Gasteiger partial charge is 0.497 e. The SMILES string of the molecule is COc1ccc(CNC(=O)C(=O)N/N=C\c2cc(Br)ccc2OCC(=O)Nc2cccc(C)c2C)cc1. The Morgan fingerprint density at radius 1 is 1.00 bits per heavy atom. The number of rotatable bonds is 9. The van der Waals surface area contributed by atoms with E-state index in [1.54, 1.807) is 49.6 Å². The zero-order chi connectivity index (χ0) is 26.8. The van der Waals surface area contributed by atoms with Crippen molar-refractivity contribution in [2.75, 3.05) is 19.0 Å². The predicted octanol–water partition coefficient (Wildman–Crippen LogP) is 3.86. The van der Waals surface area contributed by atoms with Crippen molar-refractivity contribution in [1.82, 2.24) is 10.7 Å². The highest BCUT2D eigenvalue weighted by Gasteiger charge is 2.13. The summed E-state index contributed by atoms with van der Waals surface area (Å²) < 4.78 is 11.5. The van der Waals surface area contributed by atoms with Gasteiger partial charge in [-0.05, 0) is 66.9 Å². The Balaban J connectivity index is 1.54. The highest BCUT2D eigenvalue weighted by molar-refractivity contribution is 9.10. The zero-order valence-corrected chi connectivity index (χ0v) is 22.2. The summed E-state index contributed by atoms with van der Waals surface area (Å²) in [7, 11) is 1.56. The number of benzene rings is 3. The van der Waals surface area contributed by atoms with Gasteiger partial charge in [-0.1, -0.05) is 40.2 Å². The molecule has 0 aliphatic heterocycles. The minimum absolute atomic E-state index is 0.174. The van der Waals surface area contributed by atoms with Gasteiger partial charge in [-0.3, -0.25) is 14.4 Å². The third-order valence-electron chi connectivity index (χ3n) is 5.40. The summed E-state index contributed by atoms with van der Waals surface area (Å²) in [6.07, 6.45) is 1.33. The van der Waals surface area contributed by atoms with Gasteiger partial charge < -0.3 is 20.1 Å². The van der Waals surface area contributed by atoms with Crippen molar-refractivity contribution in [2.45, 2.75) is 20.4 Å². The number of aryl methyl sites for hydroxylation is 1. The van der Waals surface area contributed by atoms with E-state index in [0.29, 0.717) is 17.1 Å². The van der Waals surface area contributed by atoms with Crippen molar-refractivity contribution in [3.05, 3.63) is 87.4 Å². The summed E-state index contributed by atoms with van der Waals surface area (Å²) in [6.45, 7) is 3.85. The first kappa shape index (κ1) is 27.4. The number of nitrogens with one attached hydrogen (secondary N) is 3. The maximum absolute atomic E-state index is 12.4. The average molecular weight is 567 g/mol. The molecule has 3 amide bonds. The normalized spacial score (nSPS) is 10.6. The Labute approximate surface area is 223 Å². The molecule has 0 saturated heterocycles. The van der Waals surface area contributed by atoms with Crippen LogP contribution >= 0.6 is 15.9 Å². The lowest BCUT2D eigenvalue weighted by atomic mass is 10.1. The molecule has 3 N–H and O–H groups in total. The van der Waals surface area contributed by atoms with Crippen LogP contribution in [0.2, 0.25) is 0 Å². The molecule has 9 nitrogen and oxygen atoms in total. The molecular weight excluding hydrogens is 540 g/mol. The molecule has 10 heteroatoms. The number of methoxy groups -OCH3 is 1. The van der Waals surface area contributed by atoms with Crippen LogP contribution in [-0.2, 0) is 20.9 Å². The summed E-state index contributed by atoms with van der Waals surface area (Å²) >= 11 is 3.38. The maximum Gasteiger partial charge on any atom is 0.329 e. The lowest BCUT2D eigenvalue weighted by Gasteiger charge is -2.12. The maximum atomic E-state index is 12.4. The molecule has 37 heavy (non-hydrogen) atoms. The van der Waals surface area contributed by atoms with E-state index in [1.165, 1.54) is 6.21 Å². The summed E-state index contributed by atoms with van der Waals surface area (Å²) in [5.74, 6) is -1.00. The van der Waals surface area contributed by atoms with Crippen molar-refractivity contribution in [3.8, 4) is 11.5 Å². The van der Waals surface area contributed by atoms with Gasteiger partial charge in [0.2, 0.25) is 0 Å². The summed E-state index contributed by atoms with van der Waals surface area (Å²) in [6, 6.07) is 17.9. The fourth-order valence-corrected chi connectivity index (χ4v) is 3.56. The second kappa shape index (κ2) is 13.2. The smallest absolute Gasteiger partial charge is 0.329 e. The van der Waals surface area contributed by atoms with Crippen LogP contribution < -0.4 is 25.5 Å². The Morgan fingerprint density at radius 2 is 1.76 bits per heavy atom. The van der Waals surface area contributed by atoms with Crippen molar-refractivity contribution >= 4 is 45.6 Å². The van der Waals surface area contributed by atoms with E-state index in [9.17, 15) is 14.4 Å². The lowest BCUT2D eigenvalue weighted by molar-refractivity contribution is -0.139. The molecule has 0 aliphatic carbocycles. The second-order valence-corrected chi connectivity index (χ2v) is 8.91. The fourth-order valence-electron chi connectivity index (χ4n) is 3.18. The van der Waals surface area contributed by atoms with Gasteiger partial charge in [-0.25, -0.2) is 5.43 Å². The van der Waals surface area contributed by atoms with E-state index in [4.69, 9.17) is 9.47 Å².